The fourth-order valence-corrected chi connectivity index (χ4v) is 4.61. The lowest BCUT2D eigenvalue weighted by molar-refractivity contribution is -0.137. The number of ether oxygens (including phenoxy) is 1. The van der Waals surface area contributed by atoms with Crippen LogP contribution in [0.1, 0.15) is 22.5 Å². The Labute approximate surface area is 193 Å². The summed E-state index contributed by atoms with van der Waals surface area (Å²) in [6.07, 6.45) is -2.14. The van der Waals surface area contributed by atoms with Crippen molar-refractivity contribution in [3.05, 3.63) is 59.9 Å². The monoisotopic (exact) mass is 470 g/mol. The van der Waals surface area contributed by atoms with Crippen LogP contribution >= 0.6 is 0 Å². The number of anilines is 2. The average molecular weight is 470 g/mol. The van der Waals surface area contributed by atoms with Crippen molar-refractivity contribution >= 4 is 17.5 Å². The van der Waals surface area contributed by atoms with Gasteiger partial charge in [-0.3, -0.25) is 9.78 Å². The number of carbonyl (C=O) groups is 1. The van der Waals surface area contributed by atoms with Crippen molar-refractivity contribution in [3.8, 4) is 16.9 Å². The van der Waals surface area contributed by atoms with Crippen LogP contribution in [0.3, 0.4) is 0 Å². The minimum Gasteiger partial charge on any atom is -0.496 e. The number of likely N-dealkylation sites (tertiary alicyclic amines) is 1. The molecule has 1 aromatic carbocycles. The van der Waals surface area contributed by atoms with Gasteiger partial charge in [0.2, 0.25) is 0 Å². The lowest BCUT2D eigenvalue weighted by Crippen LogP contribution is -2.49. The minimum absolute atomic E-state index is 0.0132. The van der Waals surface area contributed by atoms with Crippen LogP contribution in [-0.2, 0) is 6.18 Å². The molecule has 34 heavy (non-hydrogen) atoms. The van der Waals surface area contributed by atoms with Gasteiger partial charge in [-0.2, -0.15) is 13.2 Å². The molecule has 1 unspecified atom stereocenters. The summed E-state index contributed by atoms with van der Waals surface area (Å²) in [6.45, 7) is 1.16. The molecule has 2 fully saturated rings. The quantitative estimate of drug-likeness (QED) is 0.625. The van der Waals surface area contributed by atoms with E-state index in [1.54, 1.807) is 11.0 Å². The van der Waals surface area contributed by atoms with Crippen molar-refractivity contribution in [2.24, 2.45) is 0 Å². The molecule has 2 bridgehead atoms. The molecule has 4 heterocycles. The number of rotatable bonds is 4. The van der Waals surface area contributed by atoms with E-state index in [1.165, 1.54) is 31.5 Å². The molecule has 1 amide bonds. The van der Waals surface area contributed by atoms with Crippen molar-refractivity contribution in [2.75, 3.05) is 30.8 Å². The van der Waals surface area contributed by atoms with Gasteiger partial charge in [-0.1, -0.05) is 12.1 Å². The van der Waals surface area contributed by atoms with E-state index in [4.69, 9.17) is 10.5 Å². The summed E-state index contributed by atoms with van der Waals surface area (Å²) < 4.78 is 44.0. The maximum atomic E-state index is 13.2. The number of amides is 1. The predicted molar refractivity (Wildman–Crippen MR) is 118 cm³/mol. The van der Waals surface area contributed by atoms with Crippen LogP contribution in [0.2, 0.25) is 0 Å². The molecular formula is C23H21F3N6O2. The number of hydrogen-bond acceptors (Lipinski definition) is 7. The molecule has 0 aliphatic carbocycles. The number of halogens is 3. The molecule has 2 aliphatic rings. The van der Waals surface area contributed by atoms with Crippen molar-refractivity contribution in [1.82, 2.24) is 20.1 Å². The molecule has 0 spiro atoms. The SMILES string of the molecule is COc1cc(C(=O)N2C[C@@H]3CC2CN3c2ccc(N)nn2)ncc1-c1ccc(C(F)(F)F)cc1. The molecule has 176 valence electrons. The zero-order chi connectivity index (χ0) is 24.0. The highest BCUT2D eigenvalue weighted by molar-refractivity contribution is 5.94. The van der Waals surface area contributed by atoms with E-state index in [0.717, 1.165) is 24.4 Å². The highest BCUT2D eigenvalue weighted by atomic mass is 19.4. The number of nitrogens with two attached hydrogens (primary N) is 1. The molecule has 2 aliphatic heterocycles. The molecule has 11 heteroatoms. The van der Waals surface area contributed by atoms with E-state index in [0.29, 0.717) is 35.8 Å². The van der Waals surface area contributed by atoms with Gasteiger partial charge in [-0.05, 0) is 36.2 Å². The fraction of sp³-hybridized carbons (Fsp3) is 0.304. The maximum absolute atomic E-state index is 13.2. The number of aromatic nitrogens is 3. The minimum atomic E-state index is -4.41. The van der Waals surface area contributed by atoms with Crippen LogP contribution < -0.4 is 15.4 Å². The maximum Gasteiger partial charge on any atom is 0.416 e. The largest absolute Gasteiger partial charge is 0.496 e. The van der Waals surface area contributed by atoms with Gasteiger partial charge in [-0.15, -0.1) is 10.2 Å². The van der Waals surface area contributed by atoms with Crippen molar-refractivity contribution < 1.29 is 22.7 Å². The molecule has 0 radical (unpaired) electrons. The standard InChI is InChI=1S/C23H21F3N6O2/c1-34-19-9-18(28-10-17(19)13-2-4-14(5-3-13)23(24,25)26)22(33)32-12-15-8-16(32)11-31(15)21-7-6-20(27)29-30-21/h2-7,9-10,15-16H,8,11-12H2,1H3,(H2,27,29)/t15-,16?/m0/s1. The second kappa shape index (κ2) is 8.15. The first kappa shape index (κ1) is 21.9. The van der Waals surface area contributed by atoms with Crippen molar-refractivity contribution in [2.45, 2.75) is 24.7 Å². The van der Waals surface area contributed by atoms with Crippen LogP contribution in [0.15, 0.2) is 48.7 Å². The first-order chi connectivity index (χ1) is 16.2. The van der Waals surface area contributed by atoms with Gasteiger partial charge in [0.05, 0.1) is 24.8 Å². The molecule has 8 nitrogen and oxygen atoms in total. The molecule has 2 atom stereocenters. The van der Waals surface area contributed by atoms with E-state index in [2.05, 4.69) is 20.1 Å². The Morgan fingerprint density at radius 1 is 1.09 bits per heavy atom. The molecule has 0 saturated carbocycles. The van der Waals surface area contributed by atoms with Gasteiger partial charge in [0.25, 0.3) is 5.91 Å². The van der Waals surface area contributed by atoms with E-state index in [-0.39, 0.29) is 23.7 Å². The van der Waals surface area contributed by atoms with Gasteiger partial charge in [-0.25, -0.2) is 0 Å². The van der Waals surface area contributed by atoms with Gasteiger partial charge >= 0.3 is 6.18 Å². The molecule has 2 aromatic heterocycles. The Kier molecular flexibility index (Phi) is 5.26. The van der Waals surface area contributed by atoms with Crippen LogP contribution in [0.25, 0.3) is 11.1 Å². The van der Waals surface area contributed by atoms with E-state index < -0.39 is 11.7 Å². The summed E-state index contributed by atoms with van der Waals surface area (Å²) in [4.78, 5) is 21.4. The Hall–Kier alpha value is -3.89. The fourth-order valence-electron chi connectivity index (χ4n) is 4.61. The molecule has 3 aromatic rings. The first-order valence-electron chi connectivity index (χ1n) is 10.6. The highest BCUT2D eigenvalue weighted by Crippen LogP contribution is 2.36. The first-order valence-corrected chi connectivity index (χ1v) is 10.6. The smallest absolute Gasteiger partial charge is 0.416 e. The third-order valence-corrected chi connectivity index (χ3v) is 6.30. The Balaban J connectivity index is 1.33. The summed E-state index contributed by atoms with van der Waals surface area (Å²) in [5.74, 6) is 1.23. The number of hydrogen-bond donors (Lipinski definition) is 1. The van der Waals surface area contributed by atoms with Crippen LogP contribution in [0.4, 0.5) is 24.8 Å². The van der Waals surface area contributed by atoms with Gasteiger partial charge in [0, 0.05) is 30.9 Å². The third kappa shape index (κ3) is 3.87. The summed E-state index contributed by atoms with van der Waals surface area (Å²) in [7, 11) is 1.44. The predicted octanol–water partition coefficient (Wildman–Crippen LogP) is 3.25. The van der Waals surface area contributed by atoms with Gasteiger partial charge in [0.1, 0.15) is 17.3 Å². The molecule has 2 saturated heterocycles. The van der Waals surface area contributed by atoms with E-state index >= 15 is 0 Å². The summed E-state index contributed by atoms with van der Waals surface area (Å²) in [5, 5.41) is 8.05. The molecular weight excluding hydrogens is 449 g/mol. The summed E-state index contributed by atoms with van der Waals surface area (Å²) >= 11 is 0. The lowest BCUT2D eigenvalue weighted by atomic mass is 10.0. The Morgan fingerprint density at radius 3 is 2.44 bits per heavy atom. The number of nitrogens with zero attached hydrogens (tertiary/aromatic N) is 5. The number of alkyl halides is 3. The van der Waals surface area contributed by atoms with E-state index in [1.807, 2.05) is 6.07 Å². The number of benzene rings is 1. The molecule has 5 rings (SSSR count). The second-order valence-electron chi connectivity index (χ2n) is 8.31. The number of methoxy groups -OCH3 is 1. The second-order valence-corrected chi connectivity index (χ2v) is 8.31. The summed E-state index contributed by atoms with van der Waals surface area (Å²) in [6, 6.07) is 9.92. The number of piperazine rings is 1. The van der Waals surface area contributed by atoms with E-state index in [9.17, 15) is 18.0 Å². The zero-order valence-corrected chi connectivity index (χ0v) is 18.2. The van der Waals surface area contributed by atoms with Crippen LogP contribution in [0, 0.1) is 0 Å². The molecule has 2 N–H and O–H groups in total. The summed E-state index contributed by atoms with van der Waals surface area (Å²) in [5.41, 5.74) is 6.11. The number of carbonyl (C=O) groups excluding carboxylic acids is 1. The zero-order valence-electron chi connectivity index (χ0n) is 18.2. The lowest BCUT2D eigenvalue weighted by Gasteiger charge is -2.34. The average Bonchev–Trinajstić information content (AvgIpc) is 3.44. The topological polar surface area (TPSA) is 97.5 Å². The van der Waals surface area contributed by atoms with Crippen LogP contribution in [0.5, 0.6) is 5.75 Å². The van der Waals surface area contributed by atoms with Gasteiger partial charge in [0.15, 0.2) is 5.82 Å². The Morgan fingerprint density at radius 2 is 1.85 bits per heavy atom. The van der Waals surface area contributed by atoms with Crippen molar-refractivity contribution in [1.29, 1.82) is 0 Å². The highest BCUT2D eigenvalue weighted by Gasteiger charge is 2.46. The number of pyridine rings is 1. The normalized spacial score (nSPS) is 19.5. The van der Waals surface area contributed by atoms with Gasteiger partial charge < -0.3 is 20.3 Å². The van der Waals surface area contributed by atoms with Crippen molar-refractivity contribution in [3.63, 3.8) is 0 Å². The number of fused-ring (bicyclic) bond motifs is 2. The number of nitrogen functional groups attached to an aromatic ring is 1. The van der Waals surface area contributed by atoms with Crippen LogP contribution in [-0.4, -0.2) is 58.3 Å². The third-order valence-electron chi connectivity index (χ3n) is 6.30. The Bertz CT molecular complexity index is 1220.